The third kappa shape index (κ3) is 10.5. The monoisotopic (exact) mass is 355 g/mol. The zero-order chi connectivity index (χ0) is 18.3. The minimum absolute atomic E-state index is 0.334. The fraction of sp³-hybridized carbons (Fsp3) is 0.750. The van der Waals surface area contributed by atoms with Gasteiger partial charge in [0.2, 0.25) is 11.8 Å². The average Bonchev–Trinajstić information content (AvgIpc) is 3.08. The largest absolute Gasteiger partial charge is 0.289 e. The van der Waals surface area contributed by atoms with E-state index in [-0.39, 0.29) is 11.8 Å². The van der Waals surface area contributed by atoms with Crippen LogP contribution in [0.3, 0.4) is 0 Å². The quantitative estimate of drug-likeness (QED) is 0.228. The van der Waals surface area contributed by atoms with E-state index in [1.54, 1.807) is 11.0 Å². The number of rotatable bonds is 14. The lowest BCUT2D eigenvalue weighted by Crippen LogP contribution is -2.17. The van der Waals surface area contributed by atoms with Gasteiger partial charge in [0.05, 0.1) is 5.69 Å². The van der Waals surface area contributed by atoms with Crippen LogP contribution < -0.4 is 11.0 Å². The molecule has 0 spiro atoms. The van der Waals surface area contributed by atoms with E-state index in [0.717, 1.165) is 70.0 Å². The summed E-state index contributed by atoms with van der Waals surface area (Å²) in [7, 11) is 0. The molecule has 0 fully saturated rings. The molecule has 0 bridgehead atoms. The van der Waals surface area contributed by atoms with E-state index in [0.29, 0.717) is 12.8 Å². The second-order valence-electron chi connectivity index (χ2n) is 6.12. The smallest absolute Gasteiger partial charge is 0.243 e. The molecule has 25 heavy (non-hydrogen) atoms. The summed E-state index contributed by atoms with van der Waals surface area (Å²) >= 11 is 0. The van der Waals surface area contributed by atoms with Crippen LogP contribution in [0.5, 0.6) is 0 Å². The fourth-order valence-corrected chi connectivity index (χ4v) is 2.53. The van der Waals surface area contributed by atoms with Gasteiger partial charge >= 0.3 is 0 Å². The van der Waals surface area contributed by atoms with Gasteiger partial charge in [-0.05, 0) is 32.1 Å². The molecule has 2 amide bonds. The normalized spacial score (nSPS) is 10.6. The Labute approximate surface area is 147 Å². The summed E-state index contributed by atoms with van der Waals surface area (Å²) in [5, 5.41) is 25.0. The molecule has 0 aliphatic carbocycles. The topological polar surface area (TPSA) is 129 Å². The average molecular weight is 355 g/mol. The Bertz CT molecular complexity index is 464. The van der Waals surface area contributed by atoms with Crippen LogP contribution in [0, 0.1) is 0 Å². The third-order valence-electron chi connectivity index (χ3n) is 3.96. The predicted molar refractivity (Wildman–Crippen MR) is 89.8 cm³/mol. The van der Waals surface area contributed by atoms with E-state index in [9.17, 15) is 9.59 Å². The molecule has 9 nitrogen and oxygen atoms in total. The van der Waals surface area contributed by atoms with Gasteiger partial charge in [0.25, 0.3) is 0 Å². The molecule has 0 aliphatic rings. The van der Waals surface area contributed by atoms with Gasteiger partial charge in [-0.1, -0.05) is 30.9 Å². The molecule has 1 aromatic rings. The van der Waals surface area contributed by atoms with E-state index in [4.69, 9.17) is 10.4 Å². The molecular weight excluding hydrogens is 326 g/mol. The van der Waals surface area contributed by atoms with E-state index < -0.39 is 0 Å². The van der Waals surface area contributed by atoms with E-state index in [2.05, 4.69) is 10.3 Å². The lowest BCUT2D eigenvalue weighted by Gasteiger charge is -2.01. The maximum Gasteiger partial charge on any atom is 0.243 e. The van der Waals surface area contributed by atoms with Crippen LogP contribution in [0.1, 0.15) is 69.9 Å². The maximum absolute atomic E-state index is 10.8. The molecule has 4 N–H and O–H groups in total. The highest BCUT2D eigenvalue weighted by Gasteiger charge is 2.03. The van der Waals surface area contributed by atoms with Crippen molar-refractivity contribution in [2.45, 2.75) is 77.2 Å². The molecule has 1 heterocycles. The standard InChI is InChI=1S/C16H29N5O4/c22-15(18-24)10-6-2-1-5-9-14-13-21(20-17-14)12-8-4-3-7-11-16(23)19-25/h13,24-25H,1-12H2,(H,18,22)(H,19,23). The zero-order valence-electron chi connectivity index (χ0n) is 14.6. The van der Waals surface area contributed by atoms with Crippen LogP contribution in [-0.2, 0) is 22.6 Å². The number of aryl methyl sites for hydroxylation is 2. The molecule has 0 unspecified atom stereocenters. The van der Waals surface area contributed by atoms with E-state index >= 15 is 0 Å². The summed E-state index contributed by atoms with van der Waals surface area (Å²) in [6.45, 7) is 0.815. The number of carbonyl (C=O) groups excluding carboxylic acids is 2. The Balaban J connectivity index is 2.02. The first-order chi connectivity index (χ1) is 12.2. The predicted octanol–water partition coefficient (Wildman–Crippen LogP) is 1.73. The highest BCUT2D eigenvalue weighted by molar-refractivity contribution is 5.74. The van der Waals surface area contributed by atoms with E-state index in [1.165, 1.54) is 0 Å². The molecule has 0 aliphatic heterocycles. The maximum atomic E-state index is 10.8. The van der Waals surface area contributed by atoms with Crippen LogP contribution in [0.2, 0.25) is 0 Å². The van der Waals surface area contributed by atoms with Crippen LogP contribution in [0.15, 0.2) is 6.20 Å². The van der Waals surface area contributed by atoms with Crippen molar-refractivity contribution in [3.05, 3.63) is 11.9 Å². The molecule has 0 atom stereocenters. The fourth-order valence-electron chi connectivity index (χ4n) is 2.53. The van der Waals surface area contributed by atoms with Crippen molar-refractivity contribution in [3.8, 4) is 0 Å². The number of hydrogen-bond donors (Lipinski definition) is 4. The number of carbonyl (C=O) groups is 2. The number of unbranched alkanes of at least 4 members (excludes halogenated alkanes) is 6. The van der Waals surface area contributed by atoms with Crippen molar-refractivity contribution in [3.63, 3.8) is 0 Å². The van der Waals surface area contributed by atoms with Gasteiger partial charge < -0.3 is 0 Å². The van der Waals surface area contributed by atoms with Crippen molar-refractivity contribution >= 4 is 11.8 Å². The van der Waals surface area contributed by atoms with Crippen molar-refractivity contribution in [2.75, 3.05) is 0 Å². The zero-order valence-corrected chi connectivity index (χ0v) is 14.6. The minimum Gasteiger partial charge on any atom is -0.289 e. The minimum atomic E-state index is -0.336. The van der Waals surface area contributed by atoms with Gasteiger partial charge in [-0.15, -0.1) is 5.10 Å². The Kier molecular flexibility index (Phi) is 11.2. The molecule has 142 valence electrons. The first kappa shape index (κ1) is 21.0. The van der Waals surface area contributed by atoms with Gasteiger partial charge in [0, 0.05) is 25.6 Å². The third-order valence-corrected chi connectivity index (χ3v) is 3.96. The summed E-state index contributed by atoms with van der Waals surface area (Å²) in [5.74, 6) is -0.669. The molecule has 0 saturated carbocycles. The lowest BCUT2D eigenvalue weighted by molar-refractivity contribution is -0.130. The van der Waals surface area contributed by atoms with Crippen molar-refractivity contribution in [2.24, 2.45) is 0 Å². The highest BCUT2D eigenvalue weighted by Crippen LogP contribution is 2.08. The molecule has 0 aromatic carbocycles. The molecular formula is C16H29N5O4. The van der Waals surface area contributed by atoms with Crippen molar-refractivity contribution < 1.29 is 20.0 Å². The number of nitrogens with zero attached hydrogens (tertiary/aromatic N) is 3. The van der Waals surface area contributed by atoms with Gasteiger partial charge in [-0.2, -0.15) is 0 Å². The highest BCUT2D eigenvalue weighted by atomic mass is 16.5. The number of hydrogen-bond acceptors (Lipinski definition) is 6. The van der Waals surface area contributed by atoms with Crippen molar-refractivity contribution in [1.82, 2.24) is 26.0 Å². The summed E-state index contributed by atoms with van der Waals surface area (Å²) in [5.41, 5.74) is 4.24. The molecule has 1 aromatic heterocycles. The second-order valence-corrected chi connectivity index (χ2v) is 6.12. The summed E-state index contributed by atoms with van der Waals surface area (Å²) in [4.78, 5) is 21.7. The van der Waals surface area contributed by atoms with Gasteiger partial charge in [-0.25, -0.2) is 11.0 Å². The van der Waals surface area contributed by atoms with E-state index in [1.807, 2.05) is 10.9 Å². The molecule has 0 saturated heterocycles. The summed E-state index contributed by atoms with van der Waals surface area (Å²) < 4.78 is 1.85. The Morgan fingerprint density at radius 1 is 0.880 bits per heavy atom. The Hall–Kier alpha value is -2.00. The second kappa shape index (κ2) is 13.3. The Morgan fingerprint density at radius 2 is 1.44 bits per heavy atom. The number of hydroxylamine groups is 2. The molecule has 1 rings (SSSR count). The molecule has 0 radical (unpaired) electrons. The van der Waals surface area contributed by atoms with Gasteiger partial charge in [0.15, 0.2) is 0 Å². The van der Waals surface area contributed by atoms with Crippen molar-refractivity contribution in [1.29, 1.82) is 0 Å². The SMILES string of the molecule is O=C(CCCCCCc1cn(CCCCCCC(=O)NO)nn1)NO. The summed E-state index contributed by atoms with van der Waals surface area (Å²) in [6.07, 6.45) is 11.0. The van der Waals surface area contributed by atoms with Crippen LogP contribution in [-0.4, -0.2) is 37.2 Å². The number of aromatic nitrogens is 3. The number of nitrogens with one attached hydrogen (secondary N) is 2. The first-order valence-corrected chi connectivity index (χ1v) is 8.90. The van der Waals surface area contributed by atoms with Crippen LogP contribution in [0.4, 0.5) is 0 Å². The Morgan fingerprint density at radius 3 is 2.04 bits per heavy atom. The first-order valence-electron chi connectivity index (χ1n) is 8.90. The van der Waals surface area contributed by atoms with Crippen LogP contribution in [0.25, 0.3) is 0 Å². The molecule has 9 heteroatoms. The summed E-state index contributed by atoms with van der Waals surface area (Å²) in [6, 6.07) is 0. The van der Waals surface area contributed by atoms with Gasteiger partial charge in [-0.3, -0.25) is 24.7 Å². The van der Waals surface area contributed by atoms with Gasteiger partial charge in [0.1, 0.15) is 0 Å². The number of amides is 2. The lowest BCUT2D eigenvalue weighted by atomic mass is 10.1. The van der Waals surface area contributed by atoms with Crippen LogP contribution >= 0.6 is 0 Å².